The molecule has 5 rings (SSSR count). The number of imidazole rings is 1. The van der Waals surface area contributed by atoms with Crippen molar-refractivity contribution in [3.05, 3.63) is 66.9 Å². The fraction of sp³-hybridized carbons (Fsp3) is 0.296. The Hall–Kier alpha value is -4.47. The summed E-state index contributed by atoms with van der Waals surface area (Å²) < 4.78 is 6.40. The summed E-state index contributed by atoms with van der Waals surface area (Å²) in [5, 5.41) is 13.0. The van der Waals surface area contributed by atoms with E-state index in [4.69, 9.17) is 10.1 Å². The number of hydrogen-bond donors (Lipinski definition) is 3. The molecule has 4 aromatic rings. The monoisotopic (exact) mass is 498 g/mol. The largest absolute Gasteiger partial charge is 0.491 e. The van der Waals surface area contributed by atoms with Gasteiger partial charge in [0.1, 0.15) is 24.2 Å². The number of nitrogens with zero attached hydrogens (tertiary/aromatic N) is 5. The van der Waals surface area contributed by atoms with E-state index in [-0.39, 0.29) is 12.6 Å². The molecule has 3 N–H and O–H groups in total. The van der Waals surface area contributed by atoms with Crippen LogP contribution in [0.4, 0.5) is 5.82 Å². The standard InChI is InChI=1S/C27H30N8O2/c1-29-11-10-20(28)14-34(18-36)13-19-8-9-24(23-7-3-2-6-22(19)23)37-15-21-5-4-12-35(21)27-25-26(31-16-30-25)32-17-33-27/h2-3,6-11,16-18,21,28-29H,4-5,12-15H2,1H3,(H,30,31,32,33)/b11-10-,28-20?/t21-/m1/s1. The van der Waals surface area contributed by atoms with Crippen molar-refractivity contribution in [1.82, 2.24) is 30.2 Å². The first-order chi connectivity index (χ1) is 18.2. The number of aromatic nitrogens is 4. The van der Waals surface area contributed by atoms with Gasteiger partial charge in [-0.3, -0.25) is 4.79 Å². The van der Waals surface area contributed by atoms with Crippen LogP contribution in [0.25, 0.3) is 21.9 Å². The lowest BCUT2D eigenvalue weighted by molar-refractivity contribution is -0.118. The molecule has 0 aliphatic carbocycles. The highest BCUT2D eigenvalue weighted by molar-refractivity contribution is 5.95. The van der Waals surface area contributed by atoms with Crippen molar-refractivity contribution in [2.75, 3.05) is 31.6 Å². The van der Waals surface area contributed by atoms with Gasteiger partial charge >= 0.3 is 0 Å². The van der Waals surface area contributed by atoms with Crippen LogP contribution in [-0.2, 0) is 11.3 Å². The van der Waals surface area contributed by atoms with E-state index in [2.05, 4.69) is 30.2 Å². The van der Waals surface area contributed by atoms with Gasteiger partial charge in [0.25, 0.3) is 0 Å². The quantitative estimate of drug-likeness (QED) is 0.214. The number of nitrogens with one attached hydrogen (secondary N) is 3. The minimum atomic E-state index is 0.176. The lowest BCUT2D eigenvalue weighted by Crippen LogP contribution is -2.35. The van der Waals surface area contributed by atoms with E-state index in [1.54, 1.807) is 36.9 Å². The van der Waals surface area contributed by atoms with E-state index in [1.165, 1.54) is 0 Å². The second kappa shape index (κ2) is 11.1. The van der Waals surface area contributed by atoms with Gasteiger partial charge in [0, 0.05) is 25.5 Å². The van der Waals surface area contributed by atoms with E-state index < -0.39 is 0 Å². The number of benzene rings is 2. The van der Waals surface area contributed by atoms with Crippen LogP contribution in [0, 0.1) is 5.41 Å². The molecule has 1 fully saturated rings. The molecule has 2 aromatic heterocycles. The first-order valence-electron chi connectivity index (χ1n) is 12.3. The molecular weight excluding hydrogens is 468 g/mol. The Morgan fingerprint density at radius 3 is 2.95 bits per heavy atom. The first kappa shape index (κ1) is 24.2. The lowest BCUT2D eigenvalue weighted by atomic mass is 10.0. The predicted octanol–water partition coefficient (Wildman–Crippen LogP) is 3.27. The van der Waals surface area contributed by atoms with Gasteiger partial charge in [0.2, 0.25) is 6.41 Å². The molecule has 0 spiro atoms. The fourth-order valence-electron chi connectivity index (χ4n) is 4.84. The number of hydrogen-bond acceptors (Lipinski definition) is 8. The summed E-state index contributed by atoms with van der Waals surface area (Å²) in [6.45, 7) is 2.06. The molecule has 190 valence electrons. The SMILES string of the molecule is CN/C=C\C(=N)CN(C=O)Cc1ccc(OC[C@H]2CCCN2c2ncnc3[nH]cnc23)c2ccccc12. The maximum absolute atomic E-state index is 11.7. The number of rotatable bonds is 11. The minimum absolute atomic E-state index is 0.176. The van der Waals surface area contributed by atoms with Crippen molar-refractivity contribution in [3.8, 4) is 5.75 Å². The molecule has 1 atom stereocenters. The zero-order valence-corrected chi connectivity index (χ0v) is 20.7. The van der Waals surface area contributed by atoms with Crippen LogP contribution in [0.1, 0.15) is 18.4 Å². The maximum atomic E-state index is 11.7. The Balaban J connectivity index is 1.33. The molecule has 1 amide bonds. The third-order valence-electron chi connectivity index (χ3n) is 6.60. The average Bonchev–Trinajstić information content (AvgIpc) is 3.60. The maximum Gasteiger partial charge on any atom is 0.210 e. The highest BCUT2D eigenvalue weighted by Gasteiger charge is 2.28. The van der Waals surface area contributed by atoms with Crippen LogP contribution in [0.3, 0.4) is 0 Å². The number of amides is 1. The minimum Gasteiger partial charge on any atom is -0.491 e. The fourth-order valence-corrected chi connectivity index (χ4v) is 4.84. The summed E-state index contributed by atoms with van der Waals surface area (Å²) in [5.74, 6) is 1.64. The van der Waals surface area contributed by atoms with Crippen molar-refractivity contribution in [1.29, 1.82) is 5.41 Å². The molecule has 1 saturated heterocycles. The van der Waals surface area contributed by atoms with Crippen molar-refractivity contribution >= 4 is 39.9 Å². The Morgan fingerprint density at radius 2 is 2.11 bits per heavy atom. The molecular formula is C27H30N8O2. The van der Waals surface area contributed by atoms with Gasteiger partial charge in [0.15, 0.2) is 11.5 Å². The number of ether oxygens (including phenoxy) is 1. The van der Waals surface area contributed by atoms with Gasteiger partial charge in [-0.25, -0.2) is 15.0 Å². The number of H-pyrrole nitrogens is 1. The summed E-state index contributed by atoms with van der Waals surface area (Å²) in [5.41, 5.74) is 2.86. The highest BCUT2D eigenvalue weighted by atomic mass is 16.5. The molecule has 0 bridgehead atoms. The van der Waals surface area contributed by atoms with Crippen LogP contribution in [0.5, 0.6) is 5.75 Å². The topological polar surface area (TPSA) is 123 Å². The van der Waals surface area contributed by atoms with E-state index >= 15 is 0 Å². The van der Waals surface area contributed by atoms with Gasteiger partial charge in [-0.1, -0.05) is 30.3 Å². The third-order valence-corrected chi connectivity index (χ3v) is 6.60. The predicted molar refractivity (Wildman–Crippen MR) is 144 cm³/mol. The number of carbonyl (C=O) groups excluding carboxylic acids is 1. The molecule has 1 aliphatic heterocycles. The molecule has 2 aromatic carbocycles. The molecule has 1 aliphatic rings. The molecule has 0 radical (unpaired) electrons. The number of fused-ring (bicyclic) bond motifs is 2. The normalized spacial score (nSPS) is 15.5. The summed E-state index contributed by atoms with van der Waals surface area (Å²) in [6.07, 6.45) is 9.40. The molecule has 3 heterocycles. The smallest absolute Gasteiger partial charge is 0.210 e. The second-order valence-electron chi connectivity index (χ2n) is 9.02. The van der Waals surface area contributed by atoms with Crippen molar-refractivity contribution in [3.63, 3.8) is 0 Å². The van der Waals surface area contributed by atoms with E-state index in [9.17, 15) is 4.79 Å². The average molecular weight is 499 g/mol. The summed E-state index contributed by atoms with van der Waals surface area (Å²) in [6, 6.07) is 12.2. The first-order valence-corrected chi connectivity index (χ1v) is 12.3. The molecule has 10 heteroatoms. The van der Waals surface area contributed by atoms with Gasteiger partial charge in [-0.05, 0) is 42.1 Å². The lowest BCUT2D eigenvalue weighted by Gasteiger charge is -2.26. The van der Waals surface area contributed by atoms with E-state index in [1.807, 2.05) is 36.4 Å². The Labute approximate surface area is 214 Å². The summed E-state index contributed by atoms with van der Waals surface area (Å²) >= 11 is 0. The van der Waals surface area contributed by atoms with Crippen LogP contribution in [-0.4, -0.2) is 69.7 Å². The number of anilines is 1. The number of aromatic amines is 1. The van der Waals surface area contributed by atoms with Gasteiger partial charge < -0.3 is 30.2 Å². The van der Waals surface area contributed by atoms with Crippen molar-refractivity contribution < 1.29 is 9.53 Å². The molecule has 0 unspecified atom stereocenters. The van der Waals surface area contributed by atoms with Crippen molar-refractivity contribution in [2.45, 2.75) is 25.4 Å². The molecule has 37 heavy (non-hydrogen) atoms. The summed E-state index contributed by atoms with van der Waals surface area (Å²) in [4.78, 5) is 31.8. The van der Waals surface area contributed by atoms with Crippen LogP contribution >= 0.6 is 0 Å². The zero-order chi connectivity index (χ0) is 25.6. The van der Waals surface area contributed by atoms with E-state index in [0.717, 1.165) is 64.9 Å². The Kier molecular flexibility index (Phi) is 7.25. The zero-order valence-electron chi connectivity index (χ0n) is 20.7. The highest BCUT2D eigenvalue weighted by Crippen LogP contribution is 2.32. The van der Waals surface area contributed by atoms with Crippen LogP contribution in [0.15, 0.2) is 61.3 Å². The molecule has 10 nitrogen and oxygen atoms in total. The number of carbonyl (C=O) groups is 1. The third kappa shape index (κ3) is 5.23. The second-order valence-corrected chi connectivity index (χ2v) is 9.02. The van der Waals surface area contributed by atoms with Gasteiger partial charge in [-0.15, -0.1) is 0 Å². The summed E-state index contributed by atoms with van der Waals surface area (Å²) in [7, 11) is 1.77. The van der Waals surface area contributed by atoms with E-state index in [0.29, 0.717) is 18.9 Å². The van der Waals surface area contributed by atoms with Crippen LogP contribution in [0.2, 0.25) is 0 Å². The van der Waals surface area contributed by atoms with Gasteiger partial charge in [-0.2, -0.15) is 0 Å². The van der Waals surface area contributed by atoms with Crippen LogP contribution < -0.4 is 15.0 Å². The Morgan fingerprint density at radius 1 is 1.24 bits per heavy atom. The van der Waals surface area contributed by atoms with Crippen molar-refractivity contribution in [2.24, 2.45) is 0 Å². The van der Waals surface area contributed by atoms with Gasteiger partial charge in [0.05, 0.1) is 24.6 Å². The Bertz CT molecular complexity index is 1430. The molecule has 0 saturated carbocycles.